The second kappa shape index (κ2) is 3.28. The van der Waals surface area contributed by atoms with Crippen molar-refractivity contribution in [3.8, 4) is 6.01 Å². The molecule has 0 aromatic carbocycles. The first kappa shape index (κ1) is 8.98. The molecular weight excluding hydrogens is 186 g/mol. The first-order valence-electron chi connectivity index (χ1n) is 4.59. The van der Waals surface area contributed by atoms with Crippen LogP contribution >= 0.6 is 0 Å². The molecule has 0 N–H and O–H groups in total. The van der Waals surface area contributed by atoms with Crippen molar-refractivity contribution in [1.29, 1.82) is 0 Å². The second-order valence-corrected chi connectivity index (χ2v) is 3.27. The van der Waals surface area contributed by atoms with Crippen molar-refractivity contribution in [2.45, 2.75) is 32.4 Å². The zero-order chi connectivity index (χ0) is 10.1. The molecule has 0 radical (unpaired) electrons. The van der Waals surface area contributed by atoms with Gasteiger partial charge >= 0.3 is 11.8 Å². The lowest BCUT2D eigenvalue weighted by atomic mass is 10.2. The maximum atomic E-state index is 10.4. The highest BCUT2D eigenvalue weighted by Crippen LogP contribution is 2.24. The van der Waals surface area contributed by atoms with E-state index in [0.717, 1.165) is 19.4 Å². The van der Waals surface area contributed by atoms with E-state index in [1.807, 2.05) is 6.92 Å². The van der Waals surface area contributed by atoms with Crippen molar-refractivity contribution < 1.29 is 9.66 Å². The van der Waals surface area contributed by atoms with Gasteiger partial charge in [-0.25, -0.2) is 0 Å². The van der Waals surface area contributed by atoms with E-state index in [2.05, 4.69) is 4.98 Å². The third kappa shape index (κ3) is 1.43. The highest BCUT2D eigenvalue weighted by atomic mass is 16.6. The van der Waals surface area contributed by atoms with Crippen molar-refractivity contribution >= 4 is 5.82 Å². The fourth-order valence-electron chi connectivity index (χ4n) is 1.51. The van der Waals surface area contributed by atoms with Gasteiger partial charge in [-0.15, -0.1) is 0 Å². The minimum atomic E-state index is -0.504. The summed E-state index contributed by atoms with van der Waals surface area (Å²) in [4.78, 5) is 13.7. The number of aromatic nitrogens is 2. The molecule has 76 valence electrons. The predicted octanol–water partition coefficient (Wildman–Crippen LogP) is 1.35. The summed E-state index contributed by atoms with van der Waals surface area (Å²) in [5.41, 5.74) is 0. The minimum absolute atomic E-state index is 0.142. The maximum Gasteiger partial charge on any atom is 0.414 e. The molecular formula is C8H11N3O3. The molecule has 6 nitrogen and oxygen atoms in total. The summed E-state index contributed by atoms with van der Waals surface area (Å²) in [5, 5.41) is 10.4. The van der Waals surface area contributed by atoms with E-state index >= 15 is 0 Å². The Hall–Kier alpha value is -1.59. The topological polar surface area (TPSA) is 70.2 Å². The Bertz CT molecular complexity index is 361. The molecule has 0 aliphatic carbocycles. The molecule has 0 fully saturated rings. The van der Waals surface area contributed by atoms with Crippen LogP contribution in [0.4, 0.5) is 5.82 Å². The molecule has 0 saturated heterocycles. The molecule has 0 saturated carbocycles. The average Bonchev–Trinajstić information content (AvgIpc) is 2.59. The van der Waals surface area contributed by atoms with Crippen LogP contribution in [0.2, 0.25) is 0 Å². The van der Waals surface area contributed by atoms with Gasteiger partial charge in [-0.05, 0) is 11.3 Å². The smallest absolute Gasteiger partial charge is 0.414 e. The third-order valence-electron chi connectivity index (χ3n) is 2.33. The zero-order valence-corrected chi connectivity index (χ0v) is 7.84. The van der Waals surface area contributed by atoms with Crippen LogP contribution in [0.15, 0.2) is 6.20 Å². The van der Waals surface area contributed by atoms with E-state index in [-0.39, 0.29) is 11.9 Å². The van der Waals surface area contributed by atoms with Gasteiger partial charge in [0.05, 0.1) is 0 Å². The molecule has 2 heterocycles. The normalized spacial score (nSPS) is 19.9. The Morgan fingerprint density at radius 3 is 3.29 bits per heavy atom. The van der Waals surface area contributed by atoms with Gasteiger partial charge in [-0.2, -0.15) is 0 Å². The second-order valence-electron chi connectivity index (χ2n) is 3.27. The highest BCUT2D eigenvalue weighted by Gasteiger charge is 2.26. The summed E-state index contributed by atoms with van der Waals surface area (Å²) in [5.74, 6) is -0.142. The van der Waals surface area contributed by atoms with E-state index < -0.39 is 4.92 Å². The van der Waals surface area contributed by atoms with Crippen LogP contribution in [0.3, 0.4) is 0 Å². The van der Waals surface area contributed by atoms with Crippen molar-refractivity contribution in [2.24, 2.45) is 0 Å². The molecule has 0 spiro atoms. The lowest BCUT2D eigenvalue weighted by molar-refractivity contribution is -0.389. The summed E-state index contributed by atoms with van der Waals surface area (Å²) >= 11 is 0. The molecule has 2 rings (SSSR count). The Morgan fingerprint density at radius 2 is 2.64 bits per heavy atom. The van der Waals surface area contributed by atoms with Gasteiger partial charge in [0.15, 0.2) is 0 Å². The number of ether oxygens (including phenoxy) is 1. The summed E-state index contributed by atoms with van der Waals surface area (Å²) in [6.45, 7) is 2.77. The molecule has 6 heteroatoms. The van der Waals surface area contributed by atoms with E-state index in [0.29, 0.717) is 6.01 Å². The highest BCUT2D eigenvalue weighted by molar-refractivity contribution is 5.21. The molecule has 0 amide bonds. The Labute approximate surface area is 80.7 Å². The molecule has 1 aliphatic rings. The van der Waals surface area contributed by atoms with Gasteiger partial charge in [-0.1, -0.05) is 6.92 Å². The molecule has 1 aromatic heterocycles. The number of aryl methyl sites for hydroxylation is 1. The quantitative estimate of drug-likeness (QED) is 0.530. The van der Waals surface area contributed by atoms with E-state index in [9.17, 15) is 10.1 Å². The fourth-order valence-corrected chi connectivity index (χ4v) is 1.51. The SMILES string of the molecule is CCC1CCn2cc([N+](=O)[O-])nc2O1. The lowest BCUT2D eigenvalue weighted by Crippen LogP contribution is -2.24. The van der Waals surface area contributed by atoms with Crippen molar-refractivity contribution in [3.63, 3.8) is 0 Å². The van der Waals surface area contributed by atoms with Crippen LogP contribution in [0.25, 0.3) is 0 Å². The molecule has 1 aliphatic heterocycles. The number of nitro groups is 1. The van der Waals surface area contributed by atoms with Crippen molar-refractivity contribution in [2.75, 3.05) is 0 Å². The molecule has 1 unspecified atom stereocenters. The van der Waals surface area contributed by atoms with Crippen LogP contribution in [0, 0.1) is 10.1 Å². The summed E-state index contributed by atoms with van der Waals surface area (Å²) in [7, 11) is 0. The molecule has 1 aromatic rings. The van der Waals surface area contributed by atoms with Gasteiger partial charge in [0.25, 0.3) is 0 Å². The number of rotatable bonds is 2. The predicted molar refractivity (Wildman–Crippen MR) is 48.2 cm³/mol. The Kier molecular flexibility index (Phi) is 2.11. The standard InChI is InChI=1S/C8H11N3O3/c1-2-6-3-4-10-5-7(11(12)13)9-8(10)14-6/h5-6H,2-4H2,1H3. The van der Waals surface area contributed by atoms with E-state index in [1.165, 1.54) is 6.20 Å². The molecule has 1 atom stereocenters. The average molecular weight is 197 g/mol. The Balaban J connectivity index is 2.25. The first-order chi connectivity index (χ1) is 6.70. The van der Waals surface area contributed by atoms with Crippen molar-refractivity contribution in [1.82, 2.24) is 9.55 Å². The van der Waals surface area contributed by atoms with Gasteiger partial charge in [0, 0.05) is 17.9 Å². The molecule has 0 bridgehead atoms. The maximum absolute atomic E-state index is 10.4. The summed E-state index contributed by atoms with van der Waals surface area (Å²) in [6.07, 6.45) is 3.35. The zero-order valence-electron chi connectivity index (χ0n) is 7.84. The van der Waals surface area contributed by atoms with Crippen molar-refractivity contribution in [3.05, 3.63) is 16.3 Å². The van der Waals surface area contributed by atoms with Crippen LogP contribution in [-0.4, -0.2) is 20.6 Å². The minimum Gasteiger partial charge on any atom is -0.442 e. The van der Waals surface area contributed by atoms with Gasteiger partial charge in [0.1, 0.15) is 12.3 Å². The van der Waals surface area contributed by atoms with Crippen LogP contribution in [0.5, 0.6) is 6.01 Å². The van der Waals surface area contributed by atoms with Crippen LogP contribution in [0.1, 0.15) is 19.8 Å². The third-order valence-corrected chi connectivity index (χ3v) is 2.33. The van der Waals surface area contributed by atoms with Crippen LogP contribution < -0.4 is 4.74 Å². The molecule has 14 heavy (non-hydrogen) atoms. The largest absolute Gasteiger partial charge is 0.442 e. The van der Waals surface area contributed by atoms with Crippen LogP contribution in [-0.2, 0) is 6.54 Å². The van der Waals surface area contributed by atoms with Gasteiger partial charge < -0.3 is 14.9 Å². The van der Waals surface area contributed by atoms with E-state index in [1.54, 1.807) is 4.57 Å². The fraction of sp³-hybridized carbons (Fsp3) is 0.625. The number of nitrogens with zero attached hydrogens (tertiary/aromatic N) is 3. The van der Waals surface area contributed by atoms with E-state index in [4.69, 9.17) is 4.74 Å². The first-order valence-corrected chi connectivity index (χ1v) is 4.59. The summed E-state index contributed by atoms with van der Waals surface area (Å²) in [6, 6.07) is 0.370. The number of hydrogen-bond acceptors (Lipinski definition) is 4. The monoisotopic (exact) mass is 197 g/mol. The summed E-state index contributed by atoms with van der Waals surface area (Å²) < 4.78 is 7.14. The Morgan fingerprint density at radius 1 is 1.86 bits per heavy atom. The number of fused-ring (bicyclic) bond motifs is 1. The van der Waals surface area contributed by atoms with Gasteiger partial charge in [-0.3, -0.25) is 4.57 Å². The van der Waals surface area contributed by atoms with Gasteiger partial charge in [0.2, 0.25) is 0 Å². The lowest BCUT2D eigenvalue weighted by Gasteiger charge is -2.20. The number of hydrogen-bond donors (Lipinski definition) is 0. The number of imidazole rings is 1.